The first-order chi connectivity index (χ1) is 27.1. The van der Waals surface area contributed by atoms with Gasteiger partial charge < -0.3 is 20.1 Å². The minimum absolute atomic E-state index is 0.0246. The number of nitrogens with zero attached hydrogens (tertiary/aromatic N) is 6. The summed E-state index contributed by atoms with van der Waals surface area (Å²) in [6.45, 7) is 0.119. The first kappa shape index (κ1) is 43.0. The van der Waals surface area contributed by atoms with Crippen LogP contribution in [-0.2, 0) is 55.4 Å². The van der Waals surface area contributed by atoms with Crippen LogP contribution in [0.25, 0.3) is 11.8 Å². The van der Waals surface area contributed by atoms with Crippen LogP contribution in [0.4, 0.5) is 5.69 Å². The van der Waals surface area contributed by atoms with E-state index in [9.17, 15) is 66.8 Å². The molecular weight excluding hydrogens is 855 g/mol. The van der Waals surface area contributed by atoms with Crippen LogP contribution in [0.15, 0.2) is 95.6 Å². The third-order valence-electron chi connectivity index (χ3n) is 8.08. The van der Waals surface area contributed by atoms with Gasteiger partial charge in [-0.3, -0.25) is 33.0 Å². The van der Waals surface area contributed by atoms with Crippen LogP contribution in [-0.4, -0.2) is 118 Å². The van der Waals surface area contributed by atoms with E-state index in [1.807, 2.05) is 0 Å². The Morgan fingerprint density at radius 3 is 2.16 bits per heavy atom. The molecule has 308 valence electrons. The number of aliphatic imine (C=N–C) groups is 1. The highest BCUT2D eigenvalue weighted by Crippen LogP contribution is 2.34. The Balaban J connectivity index is 1.68. The van der Waals surface area contributed by atoms with Crippen LogP contribution >= 0.6 is 0 Å². The number of hydrogen-bond acceptors (Lipinski definition) is 16. The van der Waals surface area contributed by atoms with Gasteiger partial charge in [-0.2, -0.15) is 40.0 Å². The van der Waals surface area contributed by atoms with Crippen molar-refractivity contribution in [3.63, 3.8) is 0 Å². The summed E-state index contributed by atoms with van der Waals surface area (Å²) in [5.41, 5.74) is -2.80. The number of carbonyl (C=O) groups is 3. The van der Waals surface area contributed by atoms with E-state index in [1.54, 1.807) is 0 Å². The maximum atomic E-state index is 13.8. The molecule has 0 atom stereocenters. The molecule has 0 saturated carbocycles. The van der Waals surface area contributed by atoms with Crippen LogP contribution < -0.4 is 10.3 Å². The second-order valence-corrected chi connectivity index (χ2v) is 16.9. The first-order valence-corrected chi connectivity index (χ1v) is 21.4. The van der Waals surface area contributed by atoms with E-state index >= 15 is 0 Å². The highest BCUT2D eigenvalue weighted by atomic mass is 32.2. The second kappa shape index (κ2) is 16.4. The number of likely N-dealkylation sites (tertiary alicyclic amines) is 1. The number of thiol groups is 1. The average Bonchev–Trinajstić information content (AvgIpc) is 3.82. The third-order valence-corrected chi connectivity index (χ3v) is 11.5. The number of hydrogen-bond donors (Lipinski definition) is 6. The van der Waals surface area contributed by atoms with Gasteiger partial charge in [0.15, 0.2) is 22.8 Å². The van der Waals surface area contributed by atoms with Crippen molar-refractivity contribution >= 4 is 82.8 Å². The largest absolute Gasteiger partial charge is 0.493 e. The molecule has 0 spiro atoms. The minimum Gasteiger partial charge on any atom is -0.493 e. The lowest BCUT2D eigenvalue weighted by Gasteiger charge is -2.17. The predicted molar refractivity (Wildman–Crippen MR) is 200 cm³/mol. The number of aromatic nitrogens is 2. The van der Waals surface area contributed by atoms with Gasteiger partial charge in [0, 0.05) is 32.8 Å². The number of rotatable bonds is 12. The Morgan fingerprint density at radius 2 is 1.60 bits per heavy atom. The molecule has 3 heterocycles. The molecular formula is C31H29N7O16S4. The fraction of sp³-hybridized carbons (Fsp3) is 0.161. The molecule has 2 aromatic carbocycles. The minimum atomic E-state index is -5.15. The predicted octanol–water partition coefficient (Wildman–Crippen LogP) is 0.129. The maximum Gasteiger partial charge on any atom is 0.296 e. The van der Waals surface area contributed by atoms with Crippen molar-refractivity contribution < 1.29 is 71.6 Å². The Bertz CT molecular complexity index is 2830. The average molecular weight is 884 g/mol. The second-order valence-electron chi connectivity index (χ2n) is 11.7. The van der Waals surface area contributed by atoms with Gasteiger partial charge in [-0.05, 0) is 67.1 Å². The Kier molecular flexibility index (Phi) is 12.2. The normalized spacial score (nSPS) is 16.4. The molecule has 0 aliphatic carbocycles. The van der Waals surface area contributed by atoms with Gasteiger partial charge in [-0.25, -0.2) is 8.42 Å². The van der Waals surface area contributed by atoms with E-state index in [2.05, 4.69) is 20.5 Å². The number of ether oxygens (including phenoxy) is 1. The van der Waals surface area contributed by atoms with Gasteiger partial charge in [-0.1, -0.05) is 0 Å². The van der Waals surface area contributed by atoms with Gasteiger partial charge in [0.2, 0.25) is 11.8 Å². The number of hydrazone groups is 1. The molecule has 27 heteroatoms. The fourth-order valence-electron chi connectivity index (χ4n) is 5.44. The van der Waals surface area contributed by atoms with Crippen molar-refractivity contribution in [2.24, 2.45) is 10.1 Å². The molecule has 3 aromatic rings. The molecule has 1 saturated heterocycles. The van der Waals surface area contributed by atoms with Crippen LogP contribution in [0.3, 0.4) is 0 Å². The lowest BCUT2D eigenvalue weighted by atomic mass is 10.1. The molecule has 3 amide bonds. The number of amides is 3. The van der Waals surface area contributed by atoms with E-state index in [0.717, 1.165) is 30.7 Å². The van der Waals surface area contributed by atoms with Crippen LogP contribution in [0.1, 0.15) is 28.9 Å². The van der Waals surface area contributed by atoms with Crippen molar-refractivity contribution in [2.75, 3.05) is 25.6 Å². The number of nitrogens with one attached hydrogen (secondary N) is 1. The summed E-state index contributed by atoms with van der Waals surface area (Å²) in [6, 6.07) is 4.10. The summed E-state index contributed by atoms with van der Waals surface area (Å²) >= 11 is 0. The molecule has 2 aliphatic heterocycles. The van der Waals surface area contributed by atoms with Gasteiger partial charge in [-0.15, -0.1) is 5.10 Å². The summed E-state index contributed by atoms with van der Waals surface area (Å²) < 4.78 is 131. The Labute approximate surface area is 330 Å². The van der Waals surface area contributed by atoms with Crippen molar-refractivity contribution in [3.05, 3.63) is 77.2 Å². The zero-order valence-corrected chi connectivity index (χ0v) is 32.9. The first-order valence-electron chi connectivity index (χ1n) is 15.9. The fourth-order valence-corrected chi connectivity index (χ4v) is 7.64. The smallest absolute Gasteiger partial charge is 0.296 e. The van der Waals surface area contributed by atoms with Crippen molar-refractivity contribution in [2.45, 2.75) is 32.4 Å². The van der Waals surface area contributed by atoms with Crippen LogP contribution in [0.5, 0.6) is 5.88 Å². The number of carbonyl (C=O) groups excluding carboxylic acids is 3. The molecule has 23 nitrogen and oxygen atoms in total. The highest BCUT2D eigenvalue weighted by Gasteiger charge is 2.36. The summed E-state index contributed by atoms with van der Waals surface area (Å²) in [7, 11) is -16.0. The van der Waals surface area contributed by atoms with Crippen LogP contribution in [0.2, 0.25) is 0 Å². The topological polar surface area (TPSA) is 339 Å². The quantitative estimate of drug-likeness (QED) is 0.0351. The van der Waals surface area contributed by atoms with E-state index in [-0.39, 0.29) is 18.7 Å². The summed E-state index contributed by atoms with van der Waals surface area (Å²) in [6.07, 6.45) is 5.77. The summed E-state index contributed by atoms with van der Waals surface area (Å²) in [4.78, 5) is 41.4. The van der Waals surface area contributed by atoms with E-state index in [1.165, 1.54) is 31.1 Å². The van der Waals surface area contributed by atoms with E-state index < -0.39 is 118 Å². The molecule has 2 aliphatic rings. The van der Waals surface area contributed by atoms with Gasteiger partial charge in [0.1, 0.15) is 10.5 Å². The SMILES string of the molecule is CN=COC1=NN(c2cc(S(=O)(=O)O)ccc2S(=O)(=O)O)C(=O)/C1=C\C=C(C=Cc1c(C(=O)NC)nn(-c2cc(S(=O)(=O)O)ccc2[SH](=O)=O)c1O)N1CCCC1=O. The van der Waals surface area contributed by atoms with Gasteiger partial charge in [0.05, 0.1) is 31.6 Å². The summed E-state index contributed by atoms with van der Waals surface area (Å²) in [5, 5.41) is 21.9. The molecule has 1 aromatic heterocycles. The number of aromatic hydroxyl groups is 1. The monoisotopic (exact) mass is 883 g/mol. The lowest BCUT2D eigenvalue weighted by molar-refractivity contribution is -0.125. The van der Waals surface area contributed by atoms with E-state index in [0.29, 0.717) is 40.4 Å². The van der Waals surface area contributed by atoms with Crippen LogP contribution in [0, 0.1) is 0 Å². The summed E-state index contributed by atoms with van der Waals surface area (Å²) in [5.74, 6) is -3.98. The molecule has 0 radical (unpaired) electrons. The zero-order valence-electron chi connectivity index (χ0n) is 29.5. The number of benzene rings is 2. The van der Waals surface area contributed by atoms with Gasteiger partial charge in [0.25, 0.3) is 48.1 Å². The van der Waals surface area contributed by atoms with E-state index in [4.69, 9.17) is 4.74 Å². The zero-order chi connectivity index (χ0) is 42.9. The molecule has 1 fully saturated rings. The molecule has 58 heavy (non-hydrogen) atoms. The maximum absolute atomic E-state index is 13.8. The lowest BCUT2D eigenvalue weighted by Crippen LogP contribution is -2.24. The van der Waals surface area contributed by atoms with Crippen molar-refractivity contribution in [1.82, 2.24) is 20.0 Å². The van der Waals surface area contributed by atoms with Gasteiger partial charge >= 0.3 is 0 Å². The van der Waals surface area contributed by atoms with Crippen molar-refractivity contribution in [3.8, 4) is 11.6 Å². The molecule has 0 bridgehead atoms. The molecule has 0 unspecified atom stereocenters. The highest BCUT2D eigenvalue weighted by molar-refractivity contribution is 7.86. The molecule has 5 rings (SSSR count). The van der Waals surface area contributed by atoms with Crippen molar-refractivity contribution in [1.29, 1.82) is 0 Å². The number of anilines is 1. The number of allylic oxidation sites excluding steroid dienone is 3. The third kappa shape index (κ3) is 8.88. The standard InChI is InChI=1S/C31H29N7O16S4/c1-32-16-54-29-21(31(42)38(35-29)23-15-19(57(48,49)50)8-12-25(23)58(51,52)53)10-6-17(36-13-3-4-26(36)39)5-9-20-27(28(40)33-2)34-37(30(20)41)22-14-18(56(45,46)47)7-11-24(22)55(43)44/h5-12,14-16,41,55H,3-4,13H2,1-2H3,(H,33,40)(H,45,46,47)(H,48,49,50)(H,51,52,53)/b9-5?,17-6?,21-10-,32-16?. The molecule has 5 N–H and O–H groups in total. The Hall–Kier alpha value is -6.10. The Morgan fingerprint density at radius 1 is 0.966 bits per heavy atom.